The third-order valence-corrected chi connectivity index (χ3v) is 3.00. The van der Waals surface area contributed by atoms with Gasteiger partial charge in [0, 0.05) is 6.54 Å². The van der Waals surface area contributed by atoms with Crippen LogP contribution in [0, 0.1) is 5.92 Å². The lowest BCUT2D eigenvalue weighted by atomic mass is 10.0. The van der Waals surface area contributed by atoms with Gasteiger partial charge < -0.3 is 20.2 Å². The van der Waals surface area contributed by atoms with E-state index in [0.29, 0.717) is 18.2 Å². The number of furan rings is 1. The van der Waals surface area contributed by atoms with E-state index in [1.54, 1.807) is 0 Å². The summed E-state index contributed by atoms with van der Waals surface area (Å²) in [6.45, 7) is 4.98. The molecule has 0 aliphatic rings. The molecule has 2 amide bonds. The molecule has 0 saturated carbocycles. The highest BCUT2D eigenvalue weighted by Crippen LogP contribution is 2.07. The van der Waals surface area contributed by atoms with Crippen LogP contribution in [0.25, 0.3) is 0 Å². The molecule has 6 nitrogen and oxygen atoms in total. The van der Waals surface area contributed by atoms with E-state index in [9.17, 15) is 9.59 Å². The van der Waals surface area contributed by atoms with Gasteiger partial charge >= 0.3 is 12.0 Å². The van der Waals surface area contributed by atoms with E-state index in [4.69, 9.17) is 9.52 Å². The van der Waals surface area contributed by atoms with Crippen LogP contribution >= 0.6 is 0 Å². The van der Waals surface area contributed by atoms with Crippen LogP contribution in [0.1, 0.15) is 43.0 Å². The zero-order valence-corrected chi connectivity index (χ0v) is 11.2. The number of carboxylic acid groups (broad SMARTS) is 1. The Morgan fingerprint density at radius 1 is 1.26 bits per heavy atom. The molecule has 0 saturated heterocycles. The van der Waals surface area contributed by atoms with Crippen molar-refractivity contribution in [1.29, 1.82) is 0 Å². The van der Waals surface area contributed by atoms with Gasteiger partial charge in [-0.3, -0.25) is 0 Å². The minimum atomic E-state index is -1.12. The summed E-state index contributed by atoms with van der Waals surface area (Å²) in [5, 5.41) is 14.1. The second-order valence-electron chi connectivity index (χ2n) is 4.32. The number of urea groups is 1. The molecule has 1 aromatic rings. The highest BCUT2D eigenvalue weighted by Gasteiger charge is 2.10. The number of nitrogens with one attached hydrogen (secondary N) is 2. The van der Waals surface area contributed by atoms with Crippen LogP contribution in [-0.4, -0.2) is 23.7 Å². The van der Waals surface area contributed by atoms with Crippen molar-refractivity contribution >= 4 is 12.0 Å². The molecule has 1 aromatic heterocycles. The second-order valence-corrected chi connectivity index (χ2v) is 4.32. The molecule has 0 aliphatic heterocycles. The summed E-state index contributed by atoms with van der Waals surface area (Å²) in [5.74, 6) is -0.360. The van der Waals surface area contributed by atoms with Gasteiger partial charge in [0.1, 0.15) is 5.76 Å². The van der Waals surface area contributed by atoms with Crippen LogP contribution in [0.3, 0.4) is 0 Å². The molecule has 0 atom stereocenters. The number of hydrogen-bond acceptors (Lipinski definition) is 3. The first-order chi connectivity index (χ1) is 9.06. The van der Waals surface area contributed by atoms with Gasteiger partial charge in [-0.1, -0.05) is 26.7 Å². The molecule has 0 spiro atoms. The topological polar surface area (TPSA) is 91.6 Å². The SMILES string of the molecule is CCC(CC)CNC(=O)NCc1ccc(C(=O)O)o1. The van der Waals surface area contributed by atoms with Gasteiger partial charge in [0.2, 0.25) is 5.76 Å². The molecule has 1 rings (SSSR count). The monoisotopic (exact) mass is 268 g/mol. The number of aromatic carboxylic acids is 1. The van der Waals surface area contributed by atoms with Gasteiger partial charge in [0.25, 0.3) is 0 Å². The van der Waals surface area contributed by atoms with Crippen molar-refractivity contribution < 1.29 is 19.1 Å². The Hall–Kier alpha value is -1.98. The molecular formula is C13H20N2O4. The Morgan fingerprint density at radius 2 is 1.95 bits per heavy atom. The summed E-state index contributed by atoms with van der Waals surface area (Å²) in [4.78, 5) is 22.1. The Labute approximate surface area is 112 Å². The van der Waals surface area contributed by atoms with Crippen molar-refractivity contribution in [3.05, 3.63) is 23.7 Å². The molecule has 19 heavy (non-hydrogen) atoms. The van der Waals surface area contributed by atoms with E-state index in [0.717, 1.165) is 12.8 Å². The number of rotatable bonds is 7. The average Bonchev–Trinajstić information content (AvgIpc) is 2.86. The second kappa shape index (κ2) is 7.45. The van der Waals surface area contributed by atoms with Crippen LogP contribution < -0.4 is 10.6 Å². The molecule has 106 valence electrons. The van der Waals surface area contributed by atoms with E-state index in [-0.39, 0.29) is 18.3 Å². The maximum atomic E-state index is 11.5. The minimum Gasteiger partial charge on any atom is -0.475 e. The first-order valence-corrected chi connectivity index (χ1v) is 6.40. The first-order valence-electron chi connectivity index (χ1n) is 6.40. The van der Waals surface area contributed by atoms with Crippen LogP contribution in [0.5, 0.6) is 0 Å². The lowest BCUT2D eigenvalue weighted by Crippen LogP contribution is -2.37. The van der Waals surface area contributed by atoms with Crippen LogP contribution in [-0.2, 0) is 6.54 Å². The summed E-state index contributed by atoms with van der Waals surface area (Å²) in [6.07, 6.45) is 2.05. The fourth-order valence-electron chi connectivity index (χ4n) is 1.63. The van der Waals surface area contributed by atoms with Crippen LogP contribution in [0.2, 0.25) is 0 Å². The molecule has 1 heterocycles. The number of amides is 2. The molecule has 0 aromatic carbocycles. The van der Waals surface area contributed by atoms with Crippen LogP contribution in [0.15, 0.2) is 16.5 Å². The summed E-state index contributed by atoms with van der Waals surface area (Å²) < 4.78 is 5.02. The number of hydrogen-bond donors (Lipinski definition) is 3. The third-order valence-electron chi connectivity index (χ3n) is 3.00. The Bertz CT molecular complexity index is 424. The van der Waals surface area contributed by atoms with E-state index in [2.05, 4.69) is 24.5 Å². The summed E-state index contributed by atoms with van der Waals surface area (Å²) in [7, 11) is 0. The zero-order valence-electron chi connectivity index (χ0n) is 11.2. The van der Waals surface area contributed by atoms with Crippen molar-refractivity contribution in [2.75, 3.05) is 6.54 Å². The van der Waals surface area contributed by atoms with Gasteiger partial charge in [-0.2, -0.15) is 0 Å². The molecule has 6 heteroatoms. The Kier molecular flexibility index (Phi) is 5.92. The molecule has 0 fully saturated rings. The third kappa shape index (κ3) is 5.03. The largest absolute Gasteiger partial charge is 0.475 e. The maximum Gasteiger partial charge on any atom is 0.371 e. The predicted octanol–water partition coefficient (Wildman–Crippen LogP) is 2.21. The van der Waals surface area contributed by atoms with Gasteiger partial charge in [-0.25, -0.2) is 9.59 Å². The van der Waals surface area contributed by atoms with Crippen molar-refractivity contribution in [2.24, 2.45) is 5.92 Å². The highest BCUT2D eigenvalue weighted by atomic mass is 16.4. The normalized spacial score (nSPS) is 10.5. The van der Waals surface area contributed by atoms with E-state index in [1.165, 1.54) is 12.1 Å². The fourth-order valence-corrected chi connectivity index (χ4v) is 1.63. The zero-order chi connectivity index (χ0) is 14.3. The smallest absolute Gasteiger partial charge is 0.371 e. The van der Waals surface area contributed by atoms with Crippen molar-refractivity contribution in [3.63, 3.8) is 0 Å². The van der Waals surface area contributed by atoms with Gasteiger partial charge in [-0.15, -0.1) is 0 Å². The summed E-state index contributed by atoms with van der Waals surface area (Å²) in [6, 6.07) is 2.62. The van der Waals surface area contributed by atoms with Crippen molar-refractivity contribution in [3.8, 4) is 0 Å². The van der Waals surface area contributed by atoms with Crippen LogP contribution in [0.4, 0.5) is 4.79 Å². The van der Waals surface area contributed by atoms with Gasteiger partial charge in [0.05, 0.1) is 6.54 Å². The maximum absolute atomic E-state index is 11.5. The summed E-state index contributed by atoms with van der Waals surface area (Å²) >= 11 is 0. The molecule has 0 unspecified atom stereocenters. The Balaban J connectivity index is 2.31. The van der Waals surface area contributed by atoms with Gasteiger partial charge in [-0.05, 0) is 18.1 Å². The van der Waals surface area contributed by atoms with Gasteiger partial charge in [0.15, 0.2) is 0 Å². The molecule has 0 radical (unpaired) electrons. The minimum absolute atomic E-state index is 0.130. The Morgan fingerprint density at radius 3 is 2.47 bits per heavy atom. The number of carbonyl (C=O) groups excluding carboxylic acids is 1. The first kappa shape index (κ1) is 15.1. The predicted molar refractivity (Wildman–Crippen MR) is 70.0 cm³/mol. The summed E-state index contributed by atoms with van der Waals surface area (Å²) in [5.41, 5.74) is 0. The molecule has 0 bridgehead atoms. The van der Waals surface area contributed by atoms with Crippen molar-refractivity contribution in [1.82, 2.24) is 10.6 Å². The molecular weight excluding hydrogens is 248 g/mol. The highest BCUT2D eigenvalue weighted by molar-refractivity contribution is 5.84. The van der Waals surface area contributed by atoms with E-state index < -0.39 is 5.97 Å². The van der Waals surface area contributed by atoms with E-state index in [1.807, 2.05) is 0 Å². The molecule has 0 aliphatic carbocycles. The number of carboxylic acids is 1. The number of carbonyl (C=O) groups is 2. The standard InChI is InChI=1S/C13H20N2O4/c1-3-9(4-2)7-14-13(18)15-8-10-5-6-11(19-10)12(16)17/h5-6,9H,3-4,7-8H2,1-2H3,(H,16,17)(H2,14,15,18). The lowest BCUT2D eigenvalue weighted by molar-refractivity contribution is 0.0660. The fraction of sp³-hybridized carbons (Fsp3) is 0.538. The van der Waals surface area contributed by atoms with Crippen molar-refractivity contribution in [2.45, 2.75) is 33.2 Å². The average molecular weight is 268 g/mol. The molecule has 3 N–H and O–H groups in total. The quantitative estimate of drug-likeness (QED) is 0.707. The van der Waals surface area contributed by atoms with E-state index >= 15 is 0 Å². The lowest BCUT2D eigenvalue weighted by Gasteiger charge is -2.13.